The minimum absolute atomic E-state index is 0.194. The number of hydrogen-bond acceptors (Lipinski definition) is 3. The number of benzene rings is 1. The summed E-state index contributed by atoms with van der Waals surface area (Å²) in [5.41, 5.74) is 0.584. The highest BCUT2D eigenvalue weighted by Gasteiger charge is 2.58. The number of nitrogens with zero attached hydrogens (tertiary/aromatic N) is 1. The molecule has 0 amide bonds. The maximum absolute atomic E-state index is 12.5. The van der Waals surface area contributed by atoms with E-state index in [1.165, 1.54) is 4.31 Å². The number of hydrogen-bond donors (Lipinski definition) is 0. The second kappa shape index (κ2) is 3.90. The minimum atomic E-state index is -3.46. The minimum Gasteiger partial charge on any atom is -0.299 e. The van der Waals surface area contributed by atoms with Gasteiger partial charge < -0.3 is 0 Å². The van der Waals surface area contributed by atoms with Crippen molar-refractivity contribution in [2.45, 2.75) is 25.2 Å². The molecule has 19 heavy (non-hydrogen) atoms. The van der Waals surface area contributed by atoms with Crippen molar-refractivity contribution in [3.63, 3.8) is 0 Å². The molecule has 0 aromatic heterocycles. The van der Waals surface area contributed by atoms with Gasteiger partial charge in [-0.15, -0.1) is 0 Å². The van der Waals surface area contributed by atoms with Crippen LogP contribution in [0.25, 0.3) is 0 Å². The first-order valence-corrected chi connectivity index (χ1v) is 7.88. The molecule has 3 rings (SSSR count). The fraction of sp³-hybridized carbons (Fsp3) is 0.500. The molecule has 0 spiro atoms. The lowest BCUT2D eigenvalue weighted by molar-refractivity contribution is -0.140. The molecule has 1 heterocycles. The van der Waals surface area contributed by atoms with E-state index in [9.17, 15) is 13.2 Å². The van der Waals surface area contributed by atoms with Gasteiger partial charge in [-0.05, 0) is 25.0 Å². The van der Waals surface area contributed by atoms with Crippen molar-refractivity contribution in [1.82, 2.24) is 4.31 Å². The van der Waals surface area contributed by atoms with Crippen LogP contribution in [0.5, 0.6) is 0 Å². The Bertz CT molecular complexity index is 635. The lowest BCUT2D eigenvalue weighted by atomic mass is 9.62. The predicted octanol–water partition coefficient (Wildman–Crippen LogP) is 1.59. The molecule has 4 nitrogen and oxygen atoms in total. The summed E-state index contributed by atoms with van der Waals surface area (Å²) in [6, 6.07) is 6.86. The monoisotopic (exact) mass is 279 g/mol. The van der Waals surface area contributed by atoms with Crippen LogP contribution < -0.4 is 0 Å². The van der Waals surface area contributed by atoms with Crippen LogP contribution in [-0.4, -0.2) is 31.6 Å². The van der Waals surface area contributed by atoms with E-state index in [-0.39, 0.29) is 11.7 Å². The fourth-order valence-corrected chi connectivity index (χ4v) is 4.57. The van der Waals surface area contributed by atoms with Gasteiger partial charge in [0, 0.05) is 24.9 Å². The van der Waals surface area contributed by atoms with Crippen molar-refractivity contribution in [3.05, 3.63) is 29.8 Å². The third-order valence-corrected chi connectivity index (χ3v) is 6.38. The first-order chi connectivity index (χ1) is 8.84. The average Bonchev–Trinajstić information content (AvgIpc) is 2.64. The van der Waals surface area contributed by atoms with E-state index < -0.39 is 15.4 Å². The standard InChI is InChI=1S/C14H17NO3S/c1-10-3-5-12(6-4-10)19(17,18)15-8-11-7-13(16)14(11,2)9-15/h3-6,11H,7-9H2,1-2H3. The van der Waals surface area contributed by atoms with Crippen molar-refractivity contribution >= 4 is 15.8 Å². The van der Waals surface area contributed by atoms with E-state index >= 15 is 0 Å². The molecule has 1 saturated carbocycles. The van der Waals surface area contributed by atoms with Gasteiger partial charge in [-0.25, -0.2) is 8.42 Å². The number of rotatable bonds is 2. The summed E-state index contributed by atoms with van der Waals surface area (Å²) in [5, 5.41) is 0. The van der Waals surface area contributed by atoms with Gasteiger partial charge >= 0.3 is 0 Å². The van der Waals surface area contributed by atoms with E-state index in [1.54, 1.807) is 24.3 Å². The van der Waals surface area contributed by atoms with Crippen LogP contribution in [-0.2, 0) is 14.8 Å². The van der Waals surface area contributed by atoms with Gasteiger partial charge in [0.25, 0.3) is 0 Å². The maximum atomic E-state index is 12.5. The van der Waals surface area contributed by atoms with Crippen LogP contribution in [0.1, 0.15) is 18.9 Å². The highest BCUT2D eigenvalue weighted by molar-refractivity contribution is 7.89. The van der Waals surface area contributed by atoms with Gasteiger partial charge in [-0.2, -0.15) is 4.31 Å². The first kappa shape index (κ1) is 12.8. The second-order valence-corrected chi connectivity index (χ2v) is 7.79. The quantitative estimate of drug-likeness (QED) is 0.826. The van der Waals surface area contributed by atoms with Gasteiger partial charge in [0.1, 0.15) is 5.78 Å². The zero-order chi connectivity index (χ0) is 13.8. The fourth-order valence-electron chi connectivity index (χ4n) is 2.98. The normalized spacial score (nSPS) is 31.1. The molecular weight excluding hydrogens is 262 g/mol. The molecule has 0 N–H and O–H groups in total. The Morgan fingerprint density at radius 3 is 2.42 bits per heavy atom. The zero-order valence-electron chi connectivity index (χ0n) is 11.1. The smallest absolute Gasteiger partial charge is 0.243 e. The molecule has 0 radical (unpaired) electrons. The SMILES string of the molecule is Cc1ccc(S(=O)(=O)N2CC3CC(=O)C3(C)C2)cc1. The van der Waals surface area contributed by atoms with Crippen LogP contribution in [0.2, 0.25) is 0 Å². The van der Waals surface area contributed by atoms with Crippen molar-refractivity contribution in [2.75, 3.05) is 13.1 Å². The molecule has 1 aliphatic heterocycles. The molecule has 1 aromatic rings. The highest BCUT2D eigenvalue weighted by Crippen LogP contribution is 2.49. The van der Waals surface area contributed by atoms with Crippen molar-refractivity contribution < 1.29 is 13.2 Å². The van der Waals surface area contributed by atoms with Gasteiger partial charge in [0.2, 0.25) is 10.0 Å². The number of carbonyl (C=O) groups excluding carboxylic acids is 1. The van der Waals surface area contributed by atoms with Crippen molar-refractivity contribution in [2.24, 2.45) is 11.3 Å². The molecule has 2 atom stereocenters. The number of Topliss-reactive ketones (excluding diaryl/α,β-unsaturated/α-hetero) is 1. The van der Waals surface area contributed by atoms with Crippen molar-refractivity contribution in [1.29, 1.82) is 0 Å². The van der Waals surface area contributed by atoms with Gasteiger partial charge in [0.05, 0.1) is 4.90 Å². The Labute approximate surface area is 113 Å². The first-order valence-electron chi connectivity index (χ1n) is 6.44. The van der Waals surface area contributed by atoms with E-state index in [2.05, 4.69) is 0 Å². The third-order valence-electron chi connectivity index (χ3n) is 4.56. The molecule has 2 unspecified atom stereocenters. The van der Waals surface area contributed by atoms with Gasteiger partial charge in [-0.3, -0.25) is 4.79 Å². The van der Waals surface area contributed by atoms with Crippen LogP contribution in [0.3, 0.4) is 0 Å². The topological polar surface area (TPSA) is 54.5 Å². The second-order valence-electron chi connectivity index (χ2n) is 5.85. The number of carbonyl (C=O) groups is 1. The largest absolute Gasteiger partial charge is 0.299 e. The summed E-state index contributed by atoms with van der Waals surface area (Å²) in [7, 11) is -3.46. The lowest BCUT2D eigenvalue weighted by Crippen LogP contribution is -2.46. The van der Waals surface area contributed by atoms with Crippen LogP contribution in [0, 0.1) is 18.3 Å². The molecule has 102 valence electrons. The summed E-state index contributed by atoms with van der Waals surface area (Å²) in [5.74, 6) is 0.388. The molecule has 2 fully saturated rings. The third kappa shape index (κ3) is 1.75. The molecular formula is C14H17NO3S. The summed E-state index contributed by atoms with van der Waals surface area (Å²) in [6.45, 7) is 4.60. The van der Waals surface area contributed by atoms with Gasteiger partial charge in [-0.1, -0.05) is 24.6 Å². The van der Waals surface area contributed by atoms with E-state index in [0.717, 1.165) is 5.56 Å². The predicted molar refractivity (Wildman–Crippen MR) is 71.2 cm³/mol. The Hall–Kier alpha value is -1.20. The number of fused-ring (bicyclic) bond motifs is 1. The summed E-state index contributed by atoms with van der Waals surface area (Å²) in [4.78, 5) is 12.0. The van der Waals surface area contributed by atoms with Crippen LogP contribution >= 0.6 is 0 Å². The lowest BCUT2D eigenvalue weighted by Gasteiger charge is -2.38. The molecule has 0 bridgehead atoms. The van der Waals surface area contributed by atoms with Crippen LogP contribution in [0.4, 0.5) is 0 Å². The molecule has 1 aliphatic carbocycles. The van der Waals surface area contributed by atoms with Gasteiger partial charge in [0.15, 0.2) is 0 Å². The summed E-state index contributed by atoms with van der Waals surface area (Å²) < 4.78 is 26.5. The van der Waals surface area contributed by atoms with Crippen LogP contribution in [0.15, 0.2) is 29.2 Å². The van der Waals surface area contributed by atoms with E-state index in [1.807, 2.05) is 13.8 Å². The maximum Gasteiger partial charge on any atom is 0.243 e. The van der Waals surface area contributed by atoms with E-state index in [4.69, 9.17) is 0 Å². The molecule has 5 heteroatoms. The Kier molecular flexibility index (Phi) is 2.63. The van der Waals surface area contributed by atoms with Crippen molar-refractivity contribution in [3.8, 4) is 0 Å². The molecule has 1 saturated heterocycles. The number of aryl methyl sites for hydroxylation is 1. The Balaban J connectivity index is 1.91. The summed E-state index contributed by atoms with van der Waals surface area (Å²) in [6.07, 6.45) is 0.524. The Morgan fingerprint density at radius 2 is 1.89 bits per heavy atom. The highest BCUT2D eigenvalue weighted by atomic mass is 32.2. The average molecular weight is 279 g/mol. The molecule has 2 aliphatic rings. The molecule has 1 aromatic carbocycles. The van der Waals surface area contributed by atoms with E-state index in [0.29, 0.717) is 24.4 Å². The number of sulfonamides is 1. The Morgan fingerprint density at radius 1 is 1.26 bits per heavy atom. The zero-order valence-corrected chi connectivity index (χ0v) is 11.9. The summed E-state index contributed by atoms with van der Waals surface area (Å²) >= 11 is 0. The number of ketones is 1.